The van der Waals surface area contributed by atoms with Gasteiger partial charge in [0.05, 0.1) is 11.0 Å². The molecule has 7 rings (SSSR count). The van der Waals surface area contributed by atoms with Gasteiger partial charge in [-0.2, -0.15) is 0 Å². The highest BCUT2D eigenvalue weighted by Gasteiger charge is 2.05. The first-order valence-corrected chi connectivity index (χ1v) is 14.7. The molecule has 0 saturated heterocycles. The maximum Gasteiger partial charge on any atom is 0.0705 e. The quantitative estimate of drug-likeness (QED) is 0.192. The van der Waals surface area contributed by atoms with Crippen LogP contribution in [0.25, 0.3) is 44.1 Å². The molecule has 0 spiro atoms. The van der Waals surface area contributed by atoms with Crippen molar-refractivity contribution in [1.82, 2.24) is 9.97 Å². The molecule has 0 fully saturated rings. The maximum atomic E-state index is 4.94. The Hall–Kier alpha value is -5.08. The lowest BCUT2D eigenvalue weighted by atomic mass is 10.0. The lowest BCUT2D eigenvalue weighted by molar-refractivity contribution is 0.906. The highest BCUT2D eigenvalue weighted by Crippen LogP contribution is 2.25. The number of fused-ring (bicyclic) bond motifs is 2. The molecule has 0 atom stereocenters. The van der Waals surface area contributed by atoms with Crippen molar-refractivity contribution in [2.45, 2.75) is 25.7 Å². The van der Waals surface area contributed by atoms with Crippen molar-refractivity contribution < 1.29 is 0 Å². The molecule has 0 radical (unpaired) electrons. The number of rotatable bonds is 8. The summed E-state index contributed by atoms with van der Waals surface area (Å²) in [7, 11) is 0. The second-order valence-electron chi connectivity index (χ2n) is 11.0. The zero-order chi connectivity index (χ0) is 28.1. The van der Waals surface area contributed by atoms with Crippen molar-refractivity contribution in [2.24, 2.45) is 0 Å². The molecule has 42 heavy (non-hydrogen) atoms. The van der Waals surface area contributed by atoms with Crippen LogP contribution in [-0.2, 0) is 25.7 Å². The van der Waals surface area contributed by atoms with Gasteiger partial charge < -0.3 is 0 Å². The molecule has 0 saturated carbocycles. The third-order valence-corrected chi connectivity index (χ3v) is 8.07. The summed E-state index contributed by atoms with van der Waals surface area (Å²) in [5.74, 6) is 0. The fourth-order valence-corrected chi connectivity index (χ4v) is 5.65. The Balaban J connectivity index is 0.956. The third kappa shape index (κ3) is 5.84. The Bertz CT molecular complexity index is 1810. The summed E-state index contributed by atoms with van der Waals surface area (Å²) in [6.45, 7) is 0. The molecule has 0 bridgehead atoms. The van der Waals surface area contributed by atoms with E-state index < -0.39 is 0 Å². The van der Waals surface area contributed by atoms with Gasteiger partial charge >= 0.3 is 0 Å². The normalized spacial score (nSPS) is 11.2. The Kier molecular flexibility index (Phi) is 7.27. The standard InChI is InChI=1S/C40H32N2/c1-3-7-31(8-4-1)33-19-25-39-35(27-33)17-23-37(41-39)21-15-29-11-13-30(14-12-29)16-22-38-24-18-36-28-34(20-26-40(36)42-38)32-9-5-2-6-10-32/h1-14,17-20,23-28H,15-16,21-22H2. The van der Waals surface area contributed by atoms with Crippen LogP contribution in [0.4, 0.5) is 0 Å². The van der Waals surface area contributed by atoms with Gasteiger partial charge in [0, 0.05) is 22.2 Å². The lowest BCUT2D eigenvalue weighted by Crippen LogP contribution is -1.97. The molecular formula is C40H32N2. The van der Waals surface area contributed by atoms with Gasteiger partial charge in [0.25, 0.3) is 0 Å². The van der Waals surface area contributed by atoms with Gasteiger partial charge in [-0.1, -0.05) is 109 Å². The van der Waals surface area contributed by atoms with Crippen molar-refractivity contribution in [3.05, 3.63) is 168 Å². The van der Waals surface area contributed by atoms with Gasteiger partial charge in [-0.05, 0) is 95.5 Å². The van der Waals surface area contributed by atoms with Crippen LogP contribution in [0.15, 0.2) is 146 Å². The first kappa shape index (κ1) is 25.9. The van der Waals surface area contributed by atoms with Crippen LogP contribution in [0.3, 0.4) is 0 Å². The fourth-order valence-electron chi connectivity index (χ4n) is 5.65. The maximum absolute atomic E-state index is 4.94. The smallest absolute Gasteiger partial charge is 0.0705 e. The molecule has 0 unspecified atom stereocenters. The Morgan fingerprint density at radius 2 is 0.762 bits per heavy atom. The molecule has 2 nitrogen and oxygen atoms in total. The van der Waals surface area contributed by atoms with Crippen LogP contribution >= 0.6 is 0 Å². The van der Waals surface area contributed by atoms with Crippen LogP contribution < -0.4 is 0 Å². The molecule has 5 aromatic carbocycles. The molecule has 2 heterocycles. The molecule has 2 aromatic heterocycles. The Labute approximate surface area is 247 Å². The molecule has 2 heteroatoms. The van der Waals surface area contributed by atoms with E-state index in [4.69, 9.17) is 9.97 Å². The zero-order valence-electron chi connectivity index (χ0n) is 23.6. The van der Waals surface area contributed by atoms with E-state index in [1.54, 1.807) is 0 Å². The van der Waals surface area contributed by atoms with Gasteiger partial charge in [-0.25, -0.2) is 0 Å². The molecule has 0 aliphatic carbocycles. The number of benzene rings is 5. The van der Waals surface area contributed by atoms with Gasteiger partial charge in [0.2, 0.25) is 0 Å². The number of aromatic nitrogens is 2. The van der Waals surface area contributed by atoms with Crippen LogP contribution in [0, 0.1) is 0 Å². The van der Waals surface area contributed by atoms with Crippen molar-refractivity contribution in [1.29, 1.82) is 0 Å². The minimum Gasteiger partial charge on any atom is -0.253 e. The van der Waals surface area contributed by atoms with Crippen molar-refractivity contribution in [3.63, 3.8) is 0 Å². The molecule has 202 valence electrons. The van der Waals surface area contributed by atoms with Crippen molar-refractivity contribution >= 4 is 21.8 Å². The number of hydrogen-bond acceptors (Lipinski definition) is 2. The summed E-state index contributed by atoms with van der Waals surface area (Å²) < 4.78 is 0. The molecule has 0 aliphatic heterocycles. The van der Waals surface area contributed by atoms with Crippen molar-refractivity contribution in [2.75, 3.05) is 0 Å². The average Bonchev–Trinajstić information content (AvgIpc) is 3.07. The number of aryl methyl sites for hydroxylation is 4. The van der Waals surface area contributed by atoms with Crippen molar-refractivity contribution in [3.8, 4) is 22.3 Å². The molecular weight excluding hydrogens is 508 g/mol. The molecule has 0 amide bonds. The number of nitrogens with zero attached hydrogens (tertiary/aromatic N) is 2. The summed E-state index contributed by atoms with van der Waals surface area (Å²) >= 11 is 0. The monoisotopic (exact) mass is 540 g/mol. The summed E-state index contributed by atoms with van der Waals surface area (Å²) in [5.41, 5.74) is 12.0. The predicted octanol–water partition coefficient (Wildman–Crippen LogP) is 9.69. The number of pyridine rings is 2. The first-order chi connectivity index (χ1) is 20.8. The van der Waals surface area contributed by atoms with E-state index >= 15 is 0 Å². The first-order valence-electron chi connectivity index (χ1n) is 14.7. The fraction of sp³-hybridized carbons (Fsp3) is 0.100. The van der Waals surface area contributed by atoms with E-state index in [-0.39, 0.29) is 0 Å². The highest BCUT2D eigenvalue weighted by molar-refractivity contribution is 5.85. The Morgan fingerprint density at radius 3 is 1.19 bits per heavy atom. The van der Waals surface area contributed by atoms with E-state index in [9.17, 15) is 0 Å². The summed E-state index contributed by atoms with van der Waals surface area (Å²) in [6.07, 6.45) is 3.83. The topological polar surface area (TPSA) is 25.8 Å². The van der Waals surface area contributed by atoms with Crippen LogP contribution in [0.1, 0.15) is 22.5 Å². The number of hydrogen-bond donors (Lipinski definition) is 0. The second-order valence-corrected chi connectivity index (χ2v) is 11.0. The molecule has 0 aliphatic rings. The highest BCUT2D eigenvalue weighted by atomic mass is 14.7. The minimum atomic E-state index is 0.933. The van der Waals surface area contributed by atoms with Crippen LogP contribution in [-0.4, -0.2) is 9.97 Å². The molecule has 7 aromatic rings. The van der Waals surface area contributed by atoms with E-state index in [1.807, 2.05) is 0 Å². The van der Waals surface area contributed by atoms with Gasteiger partial charge in [-0.3, -0.25) is 9.97 Å². The summed E-state index contributed by atoms with van der Waals surface area (Å²) in [5, 5.41) is 2.37. The summed E-state index contributed by atoms with van der Waals surface area (Å²) in [4.78, 5) is 9.88. The van der Waals surface area contributed by atoms with E-state index in [1.165, 1.54) is 44.2 Å². The van der Waals surface area contributed by atoms with Crippen LogP contribution in [0.2, 0.25) is 0 Å². The van der Waals surface area contributed by atoms with Crippen LogP contribution in [0.5, 0.6) is 0 Å². The van der Waals surface area contributed by atoms with Gasteiger partial charge in [-0.15, -0.1) is 0 Å². The molecule has 0 N–H and O–H groups in total. The second kappa shape index (κ2) is 11.8. The lowest BCUT2D eigenvalue weighted by Gasteiger charge is -2.08. The minimum absolute atomic E-state index is 0.933. The van der Waals surface area contributed by atoms with E-state index in [2.05, 4.69) is 146 Å². The Morgan fingerprint density at radius 1 is 0.333 bits per heavy atom. The predicted molar refractivity (Wildman–Crippen MR) is 176 cm³/mol. The summed E-state index contributed by atoms with van der Waals surface area (Å²) in [6, 6.07) is 51.9. The largest absolute Gasteiger partial charge is 0.253 e. The van der Waals surface area contributed by atoms with Gasteiger partial charge in [0.1, 0.15) is 0 Å². The van der Waals surface area contributed by atoms with E-state index in [0.717, 1.165) is 48.1 Å². The average molecular weight is 541 g/mol. The van der Waals surface area contributed by atoms with E-state index in [0.29, 0.717) is 0 Å². The zero-order valence-corrected chi connectivity index (χ0v) is 23.6. The third-order valence-electron chi connectivity index (χ3n) is 8.07. The SMILES string of the molecule is c1ccc(-c2ccc3nc(CCc4ccc(CCc5ccc6cc(-c7ccccc7)ccc6n5)cc4)ccc3c2)cc1. The van der Waals surface area contributed by atoms with Gasteiger partial charge in [0.15, 0.2) is 0 Å².